The zero-order chi connectivity index (χ0) is 23.3. The smallest absolute Gasteiger partial charge is 0.240 e. The van der Waals surface area contributed by atoms with Gasteiger partial charge in [0.15, 0.2) is 11.6 Å². The number of sulfonamides is 1. The van der Waals surface area contributed by atoms with Gasteiger partial charge in [-0.15, -0.1) is 10.2 Å². The van der Waals surface area contributed by atoms with Gasteiger partial charge in [0.2, 0.25) is 16.0 Å². The van der Waals surface area contributed by atoms with Gasteiger partial charge in [-0.25, -0.2) is 18.4 Å². The fourth-order valence-electron chi connectivity index (χ4n) is 3.14. The Morgan fingerprint density at radius 1 is 1.16 bits per heavy atom. The van der Waals surface area contributed by atoms with E-state index in [0.29, 0.717) is 22.8 Å². The molecule has 172 valence electrons. The Balaban J connectivity index is 1.97. The largest absolute Gasteiger partial charge is 0.372 e. The highest BCUT2D eigenvalue weighted by Gasteiger charge is 2.35. The Bertz CT molecular complexity index is 1120. The van der Waals surface area contributed by atoms with Crippen molar-refractivity contribution in [3.63, 3.8) is 0 Å². The molecule has 32 heavy (non-hydrogen) atoms. The standard InChI is InChI=1S/C19H24ClN7O4S/c1-5-15(30-3)27-18(13-7-6-8-21-9-13)24-25-19(27)26-32(28,29)12(2)16(31-4)17-22-10-14(20)11-23-17/h6-12,15-16H,5H2,1-4H3,(H,25,26)/t12-,15?,16-/m0/s1. The van der Waals surface area contributed by atoms with E-state index in [2.05, 4.69) is 29.9 Å². The summed E-state index contributed by atoms with van der Waals surface area (Å²) in [4.78, 5) is 12.3. The van der Waals surface area contributed by atoms with Crippen LogP contribution in [0.4, 0.5) is 5.95 Å². The van der Waals surface area contributed by atoms with Crippen LogP contribution in [0.25, 0.3) is 11.4 Å². The topological polar surface area (TPSA) is 134 Å². The van der Waals surface area contributed by atoms with Crippen molar-refractivity contribution < 1.29 is 17.9 Å². The second kappa shape index (κ2) is 10.3. The molecule has 0 aliphatic carbocycles. The third-order valence-electron chi connectivity index (χ3n) is 4.82. The minimum Gasteiger partial charge on any atom is -0.372 e. The number of aromatic nitrogens is 6. The summed E-state index contributed by atoms with van der Waals surface area (Å²) >= 11 is 5.83. The molecule has 0 bridgehead atoms. The first kappa shape index (κ1) is 24.0. The third-order valence-corrected chi connectivity index (χ3v) is 6.71. The van der Waals surface area contributed by atoms with E-state index in [-0.39, 0.29) is 11.8 Å². The minimum absolute atomic E-state index is 0.0104. The predicted molar refractivity (Wildman–Crippen MR) is 118 cm³/mol. The fourth-order valence-corrected chi connectivity index (χ4v) is 4.37. The number of pyridine rings is 1. The molecular formula is C19H24ClN7O4S. The molecule has 0 aliphatic rings. The summed E-state index contributed by atoms with van der Waals surface area (Å²) < 4.78 is 41.5. The molecule has 0 aromatic carbocycles. The van der Waals surface area contributed by atoms with E-state index >= 15 is 0 Å². The predicted octanol–water partition coefficient (Wildman–Crippen LogP) is 2.86. The summed E-state index contributed by atoms with van der Waals surface area (Å²) in [5, 5.41) is 7.51. The lowest BCUT2D eigenvalue weighted by Crippen LogP contribution is -2.34. The van der Waals surface area contributed by atoms with Crippen LogP contribution in [0.5, 0.6) is 0 Å². The van der Waals surface area contributed by atoms with Gasteiger partial charge in [0.1, 0.15) is 17.6 Å². The molecule has 0 spiro atoms. The summed E-state index contributed by atoms with van der Waals surface area (Å²) in [5.41, 5.74) is 0.665. The van der Waals surface area contributed by atoms with Crippen molar-refractivity contribution in [3.8, 4) is 11.4 Å². The molecule has 0 aliphatic heterocycles. The van der Waals surface area contributed by atoms with Crippen LogP contribution in [-0.4, -0.2) is 57.6 Å². The molecular weight excluding hydrogens is 458 g/mol. The average Bonchev–Trinajstić information content (AvgIpc) is 3.19. The van der Waals surface area contributed by atoms with Crippen molar-refractivity contribution in [1.29, 1.82) is 0 Å². The van der Waals surface area contributed by atoms with E-state index in [1.807, 2.05) is 6.92 Å². The van der Waals surface area contributed by atoms with E-state index in [4.69, 9.17) is 21.1 Å². The molecule has 0 saturated carbocycles. The van der Waals surface area contributed by atoms with E-state index < -0.39 is 27.6 Å². The zero-order valence-corrected chi connectivity index (χ0v) is 19.6. The van der Waals surface area contributed by atoms with Gasteiger partial charge in [0.25, 0.3) is 0 Å². The Morgan fingerprint density at radius 3 is 2.44 bits per heavy atom. The van der Waals surface area contributed by atoms with Gasteiger partial charge in [-0.3, -0.25) is 14.3 Å². The highest BCUT2D eigenvalue weighted by molar-refractivity contribution is 7.93. The Hall–Kier alpha value is -2.67. The van der Waals surface area contributed by atoms with Crippen molar-refractivity contribution in [3.05, 3.63) is 47.8 Å². The molecule has 13 heteroatoms. The second-order valence-corrected chi connectivity index (χ2v) is 9.30. The molecule has 3 aromatic heterocycles. The SMILES string of the molecule is CCC(OC)n1c(NS(=O)(=O)[C@@H](C)[C@H](OC)c2ncc(Cl)cn2)nnc1-c1cccnc1. The maximum atomic E-state index is 13.2. The molecule has 3 heterocycles. The summed E-state index contributed by atoms with van der Waals surface area (Å²) in [6, 6.07) is 3.55. The third kappa shape index (κ3) is 5.04. The molecule has 0 radical (unpaired) electrons. The van der Waals surface area contributed by atoms with Gasteiger partial charge < -0.3 is 9.47 Å². The Morgan fingerprint density at radius 2 is 1.88 bits per heavy atom. The molecule has 0 amide bonds. The Kier molecular flexibility index (Phi) is 7.72. The number of methoxy groups -OCH3 is 2. The van der Waals surface area contributed by atoms with Gasteiger partial charge in [-0.05, 0) is 25.5 Å². The molecule has 0 fully saturated rings. The molecule has 11 nitrogen and oxygen atoms in total. The maximum Gasteiger partial charge on any atom is 0.240 e. The van der Waals surface area contributed by atoms with Crippen LogP contribution < -0.4 is 4.72 Å². The van der Waals surface area contributed by atoms with E-state index in [1.165, 1.54) is 33.5 Å². The van der Waals surface area contributed by atoms with E-state index in [9.17, 15) is 8.42 Å². The van der Waals surface area contributed by atoms with E-state index in [0.717, 1.165) is 0 Å². The molecule has 3 rings (SSSR count). The van der Waals surface area contributed by atoms with Crippen molar-refractivity contribution in [1.82, 2.24) is 29.7 Å². The van der Waals surface area contributed by atoms with Crippen LogP contribution in [0.15, 0.2) is 36.9 Å². The summed E-state index contributed by atoms with van der Waals surface area (Å²) in [5.74, 6) is 0.619. The van der Waals surface area contributed by atoms with Gasteiger partial charge in [0.05, 0.1) is 5.02 Å². The quantitative estimate of drug-likeness (QED) is 0.463. The minimum atomic E-state index is -4.01. The first-order valence-corrected chi connectivity index (χ1v) is 11.6. The number of hydrogen-bond acceptors (Lipinski definition) is 9. The first-order valence-electron chi connectivity index (χ1n) is 9.72. The van der Waals surface area contributed by atoms with E-state index in [1.54, 1.807) is 29.1 Å². The monoisotopic (exact) mass is 481 g/mol. The second-order valence-electron chi connectivity index (χ2n) is 6.83. The summed E-state index contributed by atoms with van der Waals surface area (Å²) in [6.07, 6.45) is 5.10. The molecule has 1 N–H and O–H groups in total. The lowest BCUT2D eigenvalue weighted by Gasteiger charge is -2.23. The number of anilines is 1. The molecule has 1 unspecified atom stereocenters. The highest BCUT2D eigenvalue weighted by atomic mass is 35.5. The lowest BCUT2D eigenvalue weighted by atomic mass is 10.2. The van der Waals surface area contributed by atoms with Crippen LogP contribution in [-0.2, 0) is 19.5 Å². The maximum absolute atomic E-state index is 13.2. The van der Waals surface area contributed by atoms with Crippen LogP contribution in [0.2, 0.25) is 5.02 Å². The number of halogens is 1. The summed E-state index contributed by atoms with van der Waals surface area (Å²) in [6.45, 7) is 3.39. The molecule has 3 atom stereocenters. The van der Waals surface area contributed by atoms with Crippen molar-refractivity contribution in [2.75, 3.05) is 18.9 Å². The van der Waals surface area contributed by atoms with Crippen LogP contribution >= 0.6 is 11.6 Å². The number of hydrogen-bond donors (Lipinski definition) is 1. The zero-order valence-electron chi connectivity index (χ0n) is 18.0. The number of nitrogens with zero attached hydrogens (tertiary/aromatic N) is 6. The molecule has 0 saturated heterocycles. The lowest BCUT2D eigenvalue weighted by molar-refractivity contribution is 0.0438. The number of rotatable bonds is 10. The van der Waals surface area contributed by atoms with Crippen molar-refractivity contribution >= 4 is 27.6 Å². The molecule has 3 aromatic rings. The van der Waals surface area contributed by atoms with Crippen LogP contribution in [0.1, 0.15) is 38.4 Å². The van der Waals surface area contributed by atoms with Gasteiger partial charge in [-0.2, -0.15) is 0 Å². The van der Waals surface area contributed by atoms with Gasteiger partial charge >= 0.3 is 0 Å². The normalized spacial score (nSPS) is 14.7. The first-order chi connectivity index (χ1) is 15.3. The van der Waals surface area contributed by atoms with Crippen LogP contribution in [0.3, 0.4) is 0 Å². The van der Waals surface area contributed by atoms with Crippen molar-refractivity contribution in [2.45, 2.75) is 37.9 Å². The van der Waals surface area contributed by atoms with Crippen LogP contribution in [0, 0.1) is 0 Å². The fraction of sp³-hybridized carbons (Fsp3) is 0.421. The van der Waals surface area contributed by atoms with Gasteiger partial charge in [-0.1, -0.05) is 18.5 Å². The van der Waals surface area contributed by atoms with Crippen molar-refractivity contribution in [2.24, 2.45) is 0 Å². The average molecular weight is 482 g/mol. The Labute approximate surface area is 191 Å². The highest BCUT2D eigenvalue weighted by Crippen LogP contribution is 2.29. The number of ether oxygens (including phenoxy) is 2. The van der Waals surface area contributed by atoms with Gasteiger partial charge in [0, 0.05) is 44.6 Å². The summed E-state index contributed by atoms with van der Waals surface area (Å²) in [7, 11) is -1.09. The number of nitrogens with one attached hydrogen (secondary N) is 1.